The van der Waals surface area contributed by atoms with Gasteiger partial charge in [-0.05, 0) is 30.7 Å². The molecule has 0 fully saturated rings. The fourth-order valence-electron chi connectivity index (χ4n) is 2.34. The van der Waals surface area contributed by atoms with Crippen LogP contribution >= 0.6 is 0 Å². The van der Waals surface area contributed by atoms with Crippen LogP contribution in [-0.2, 0) is 11.3 Å². The van der Waals surface area contributed by atoms with Crippen LogP contribution in [0.1, 0.15) is 21.5 Å². The van der Waals surface area contributed by atoms with Crippen molar-refractivity contribution < 1.29 is 18.7 Å². The standard InChI is InChI=1S/C20H18FNO3/c1-4-11-22(13-15-7-5-14(2)6-8-15)20(24)19(23)17-12-16(21)9-10-18(17)25-3/h1,5-10,12H,11,13H2,2-3H3. The largest absolute Gasteiger partial charge is 0.496 e. The normalized spacial score (nSPS) is 10.0. The van der Waals surface area contributed by atoms with Crippen molar-refractivity contribution in [3.05, 3.63) is 65.0 Å². The Morgan fingerprint density at radius 3 is 2.48 bits per heavy atom. The van der Waals surface area contributed by atoms with Gasteiger partial charge in [0.15, 0.2) is 0 Å². The van der Waals surface area contributed by atoms with E-state index in [9.17, 15) is 14.0 Å². The number of hydrogen-bond acceptors (Lipinski definition) is 3. The molecule has 0 spiro atoms. The molecule has 1 amide bonds. The zero-order valence-corrected chi connectivity index (χ0v) is 14.1. The number of benzene rings is 2. The quantitative estimate of drug-likeness (QED) is 0.462. The maximum atomic E-state index is 13.5. The van der Waals surface area contributed by atoms with Crippen LogP contribution in [0.25, 0.3) is 0 Å². The Morgan fingerprint density at radius 1 is 1.20 bits per heavy atom. The second-order valence-electron chi connectivity index (χ2n) is 5.52. The van der Waals surface area contributed by atoms with Gasteiger partial charge in [0.05, 0.1) is 19.2 Å². The van der Waals surface area contributed by atoms with E-state index in [2.05, 4.69) is 5.92 Å². The van der Waals surface area contributed by atoms with Crippen molar-refractivity contribution in [2.75, 3.05) is 13.7 Å². The number of halogens is 1. The van der Waals surface area contributed by atoms with Gasteiger partial charge in [-0.15, -0.1) is 6.42 Å². The van der Waals surface area contributed by atoms with Crippen molar-refractivity contribution in [2.45, 2.75) is 13.5 Å². The lowest BCUT2D eigenvalue weighted by Gasteiger charge is -2.20. The average Bonchev–Trinajstić information content (AvgIpc) is 2.62. The van der Waals surface area contributed by atoms with E-state index < -0.39 is 17.5 Å². The first-order valence-electron chi connectivity index (χ1n) is 7.62. The highest BCUT2D eigenvalue weighted by atomic mass is 19.1. The molecule has 5 heteroatoms. The van der Waals surface area contributed by atoms with E-state index in [1.807, 2.05) is 31.2 Å². The van der Waals surface area contributed by atoms with Crippen molar-refractivity contribution in [1.29, 1.82) is 0 Å². The lowest BCUT2D eigenvalue weighted by Crippen LogP contribution is -2.36. The molecule has 128 valence electrons. The molecule has 0 aliphatic heterocycles. The summed E-state index contributed by atoms with van der Waals surface area (Å²) in [4.78, 5) is 26.4. The molecule has 0 saturated heterocycles. The van der Waals surface area contributed by atoms with Gasteiger partial charge in [0.25, 0.3) is 11.7 Å². The van der Waals surface area contributed by atoms with Crippen LogP contribution in [0.2, 0.25) is 0 Å². The topological polar surface area (TPSA) is 46.6 Å². The van der Waals surface area contributed by atoms with Gasteiger partial charge in [-0.1, -0.05) is 35.7 Å². The molecule has 25 heavy (non-hydrogen) atoms. The van der Waals surface area contributed by atoms with Gasteiger partial charge >= 0.3 is 0 Å². The summed E-state index contributed by atoms with van der Waals surface area (Å²) in [6.45, 7) is 2.11. The zero-order chi connectivity index (χ0) is 18.4. The van der Waals surface area contributed by atoms with Crippen molar-refractivity contribution in [3.63, 3.8) is 0 Å². The average molecular weight is 339 g/mol. The van der Waals surface area contributed by atoms with Crippen LogP contribution in [-0.4, -0.2) is 30.2 Å². The lowest BCUT2D eigenvalue weighted by molar-refractivity contribution is -0.126. The molecule has 0 aromatic heterocycles. The number of carbonyl (C=O) groups is 2. The minimum atomic E-state index is -0.862. The predicted molar refractivity (Wildman–Crippen MR) is 92.7 cm³/mol. The summed E-state index contributed by atoms with van der Waals surface area (Å²) in [5.74, 6) is 0.218. The van der Waals surface area contributed by atoms with Crippen LogP contribution < -0.4 is 4.74 Å². The summed E-state index contributed by atoms with van der Waals surface area (Å²) in [5.41, 5.74) is 1.80. The lowest BCUT2D eigenvalue weighted by atomic mass is 10.1. The predicted octanol–water partition coefficient (Wildman–Crippen LogP) is 2.99. The van der Waals surface area contributed by atoms with Crippen LogP contribution in [0, 0.1) is 25.1 Å². The van der Waals surface area contributed by atoms with E-state index in [1.54, 1.807) is 0 Å². The first kappa shape index (κ1) is 18.2. The molecular formula is C20H18FNO3. The van der Waals surface area contributed by atoms with Gasteiger partial charge in [-0.2, -0.15) is 0 Å². The molecule has 0 aliphatic rings. The van der Waals surface area contributed by atoms with E-state index >= 15 is 0 Å². The minimum Gasteiger partial charge on any atom is -0.496 e. The number of ketones is 1. The Labute approximate surface area is 146 Å². The summed E-state index contributed by atoms with van der Waals surface area (Å²) >= 11 is 0. The van der Waals surface area contributed by atoms with Crippen molar-refractivity contribution in [2.24, 2.45) is 0 Å². The summed E-state index contributed by atoms with van der Waals surface area (Å²) < 4.78 is 18.5. The number of aryl methyl sites for hydroxylation is 1. The van der Waals surface area contributed by atoms with Gasteiger partial charge in [0, 0.05) is 6.54 Å². The summed E-state index contributed by atoms with van der Waals surface area (Å²) in [7, 11) is 1.35. The number of ether oxygens (including phenoxy) is 1. The molecule has 0 atom stereocenters. The molecule has 4 nitrogen and oxygen atoms in total. The molecule has 0 aliphatic carbocycles. The van der Waals surface area contributed by atoms with Crippen molar-refractivity contribution in [1.82, 2.24) is 4.90 Å². The van der Waals surface area contributed by atoms with Gasteiger partial charge in [-0.3, -0.25) is 9.59 Å². The Kier molecular flexibility index (Phi) is 5.91. The third-order valence-electron chi connectivity index (χ3n) is 3.66. The Morgan fingerprint density at radius 2 is 1.88 bits per heavy atom. The number of methoxy groups -OCH3 is 1. The molecule has 0 radical (unpaired) electrons. The summed E-state index contributed by atoms with van der Waals surface area (Å²) in [5, 5.41) is 0. The minimum absolute atomic E-state index is 0.0317. The van der Waals surface area contributed by atoms with E-state index in [0.717, 1.165) is 23.3 Å². The number of amides is 1. The summed E-state index contributed by atoms with van der Waals surface area (Å²) in [6.07, 6.45) is 5.32. The molecule has 0 N–H and O–H groups in total. The smallest absolute Gasteiger partial charge is 0.296 e. The Hall–Kier alpha value is -3.13. The molecular weight excluding hydrogens is 321 g/mol. The SMILES string of the molecule is C#CCN(Cc1ccc(C)cc1)C(=O)C(=O)c1cc(F)ccc1OC. The molecule has 2 aromatic carbocycles. The molecule has 0 bridgehead atoms. The van der Waals surface area contributed by atoms with Crippen LogP contribution in [0.15, 0.2) is 42.5 Å². The third kappa shape index (κ3) is 4.45. The first-order valence-corrected chi connectivity index (χ1v) is 7.62. The first-order chi connectivity index (χ1) is 12.0. The fraction of sp³-hybridized carbons (Fsp3) is 0.200. The maximum Gasteiger partial charge on any atom is 0.296 e. The number of carbonyl (C=O) groups excluding carboxylic acids is 2. The van der Waals surface area contributed by atoms with Gasteiger partial charge in [-0.25, -0.2) is 4.39 Å². The van der Waals surface area contributed by atoms with E-state index in [1.165, 1.54) is 18.1 Å². The number of nitrogens with zero attached hydrogens (tertiary/aromatic N) is 1. The van der Waals surface area contributed by atoms with Crippen LogP contribution in [0.5, 0.6) is 5.75 Å². The third-order valence-corrected chi connectivity index (χ3v) is 3.66. The molecule has 2 aromatic rings. The van der Waals surface area contributed by atoms with Gasteiger partial charge in [0.2, 0.25) is 0 Å². The van der Waals surface area contributed by atoms with Crippen LogP contribution in [0.4, 0.5) is 4.39 Å². The fourth-order valence-corrected chi connectivity index (χ4v) is 2.34. The Balaban J connectivity index is 2.27. The number of rotatable bonds is 6. The van der Waals surface area contributed by atoms with Crippen LogP contribution in [0.3, 0.4) is 0 Å². The number of terminal acetylenes is 1. The highest BCUT2D eigenvalue weighted by molar-refractivity contribution is 6.43. The number of hydrogen-bond donors (Lipinski definition) is 0. The van der Waals surface area contributed by atoms with Gasteiger partial charge < -0.3 is 9.64 Å². The summed E-state index contributed by atoms with van der Waals surface area (Å²) in [6, 6.07) is 11.0. The number of Topliss-reactive ketones (excluding diaryl/α,β-unsaturated/α-hetero) is 1. The molecule has 0 heterocycles. The second kappa shape index (κ2) is 8.11. The molecule has 0 unspecified atom stereocenters. The van der Waals surface area contributed by atoms with E-state index in [4.69, 9.17) is 11.2 Å². The monoisotopic (exact) mass is 339 g/mol. The van der Waals surface area contributed by atoms with Crippen molar-refractivity contribution >= 4 is 11.7 Å². The highest BCUT2D eigenvalue weighted by Gasteiger charge is 2.26. The van der Waals surface area contributed by atoms with E-state index in [-0.39, 0.29) is 24.4 Å². The maximum absolute atomic E-state index is 13.5. The molecule has 2 rings (SSSR count). The van der Waals surface area contributed by atoms with Gasteiger partial charge in [0.1, 0.15) is 11.6 Å². The Bertz CT molecular complexity index is 822. The highest BCUT2D eigenvalue weighted by Crippen LogP contribution is 2.21. The molecule has 0 saturated carbocycles. The van der Waals surface area contributed by atoms with Crippen molar-refractivity contribution in [3.8, 4) is 18.1 Å². The zero-order valence-electron chi connectivity index (χ0n) is 14.1. The second-order valence-corrected chi connectivity index (χ2v) is 5.52. The van der Waals surface area contributed by atoms with E-state index in [0.29, 0.717) is 0 Å².